The van der Waals surface area contributed by atoms with E-state index in [1.165, 1.54) is 6.92 Å². The van der Waals surface area contributed by atoms with Crippen LogP contribution in [0.4, 0.5) is 5.69 Å². The number of alkyl halides is 1. The second-order valence-electron chi connectivity index (χ2n) is 3.50. The predicted octanol–water partition coefficient (Wildman–Crippen LogP) is 3.00. The molecular formula is C12H14BrNO2. The van der Waals surface area contributed by atoms with Crippen molar-refractivity contribution < 1.29 is 9.59 Å². The Morgan fingerprint density at radius 1 is 1.44 bits per heavy atom. The summed E-state index contributed by atoms with van der Waals surface area (Å²) in [6, 6.07) is 6.95. The molecule has 0 aromatic heterocycles. The van der Waals surface area contributed by atoms with E-state index in [9.17, 15) is 9.59 Å². The normalized spacial score (nSPS) is 11.9. The predicted molar refractivity (Wildman–Crippen MR) is 68.1 cm³/mol. The van der Waals surface area contributed by atoms with Gasteiger partial charge >= 0.3 is 0 Å². The highest BCUT2D eigenvalue weighted by atomic mass is 79.9. The molecule has 1 rings (SSSR count). The van der Waals surface area contributed by atoms with Gasteiger partial charge in [-0.05, 0) is 18.6 Å². The Morgan fingerprint density at radius 2 is 2.12 bits per heavy atom. The van der Waals surface area contributed by atoms with E-state index < -0.39 is 0 Å². The first-order chi connectivity index (χ1) is 7.54. The molecule has 0 saturated carbocycles. The van der Waals surface area contributed by atoms with Gasteiger partial charge in [0.1, 0.15) is 0 Å². The van der Waals surface area contributed by atoms with E-state index in [0.717, 1.165) is 6.42 Å². The summed E-state index contributed by atoms with van der Waals surface area (Å²) in [7, 11) is 0. The smallest absolute Gasteiger partial charge is 0.221 e. The Kier molecular flexibility index (Phi) is 4.68. The third-order valence-electron chi connectivity index (χ3n) is 2.11. The molecule has 0 aliphatic heterocycles. The van der Waals surface area contributed by atoms with E-state index in [2.05, 4.69) is 21.2 Å². The molecule has 0 spiro atoms. The number of benzene rings is 1. The number of rotatable bonds is 4. The molecule has 0 aliphatic carbocycles. The van der Waals surface area contributed by atoms with Crippen molar-refractivity contribution in [2.45, 2.75) is 25.1 Å². The number of amides is 1. The maximum Gasteiger partial charge on any atom is 0.221 e. The number of ketones is 1. The molecule has 16 heavy (non-hydrogen) atoms. The summed E-state index contributed by atoms with van der Waals surface area (Å²) >= 11 is 3.32. The minimum Gasteiger partial charge on any atom is -0.326 e. The minimum atomic E-state index is -0.167. The van der Waals surface area contributed by atoms with Gasteiger partial charge in [0.15, 0.2) is 5.78 Å². The lowest BCUT2D eigenvalue weighted by atomic mass is 10.1. The molecule has 0 fully saturated rings. The van der Waals surface area contributed by atoms with E-state index in [0.29, 0.717) is 11.3 Å². The third-order valence-corrected chi connectivity index (χ3v) is 3.17. The minimum absolute atomic E-state index is 0.0368. The quantitative estimate of drug-likeness (QED) is 0.682. The largest absolute Gasteiger partial charge is 0.326 e. The molecule has 3 nitrogen and oxygen atoms in total. The highest BCUT2D eigenvalue weighted by Gasteiger charge is 2.14. The van der Waals surface area contributed by atoms with Crippen LogP contribution >= 0.6 is 15.9 Å². The van der Waals surface area contributed by atoms with Crippen molar-refractivity contribution in [3.63, 3.8) is 0 Å². The first kappa shape index (κ1) is 12.9. The van der Waals surface area contributed by atoms with E-state index in [4.69, 9.17) is 0 Å². The topological polar surface area (TPSA) is 46.2 Å². The molecule has 0 heterocycles. The summed E-state index contributed by atoms with van der Waals surface area (Å²) in [6.07, 6.45) is 0.739. The van der Waals surface area contributed by atoms with Crippen LogP contribution in [0.5, 0.6) is 0 Å². The van der Waals surface area contributed by atoms with Crippen LogP contribution in [-0.4, -0.2) is 16.5 Å². The summed E-state index contributed by atoms with van der Waals surface area (Å²) < 4.78 is 0. The number of nitrogens with one attached hydrogen (secondary N) is 1. The molecular weight excluding hydrogens is 270 g/mol. The lowest BCUT2D eigenvalue weighted by Crippen LogP contribution is -2.13. The summed E-state index contributed by atoms with van der Waals surface area (Å²) in [5, 5.41) is 2.65. The lowest BCUT2D eigenvalue weighted by molar-refractivity contribution is -0.114. The second-order valence-corrected chi connectivity index (χ2v) is 4.61. The molecule has 1 aromatic rings. The monoisotopic (exact) mass is 283 g/mol. The van der Waals surface area contributed by atoms with Crippen LogP contribution < -0.4 is 5.32 Å². The van der Waals surface area contributed by atoms with Crippen LogP contribution in [0, 0.1) is 0 Å². The Labute approximate surface area is 103 Å². The molecule has 1 aromatic carbocycles. The van der Waals surface area contributed by atoms with Crippen LogP contribution in [0.25, 0.3) is 0 Å². The zero-order chi connectivity index (χ0) is 12.1. The molecule has 1 atom stereocenters. The van der Waals surface area contributed by atoms with E-state index >= 15 is 0 Å². The van der Waals surface area contributed by atoms with Gasteiger partial charge in [0.05, 0.1) is 4.83 Å². The highest BCUT2D eigenvalue weighted by Crippen LogP contribution is 2.16. The van der Waals surface area contributed by atoms with Crippen LogP contribution in [0.15, 0.2) is 24.3 Å². The zero-order valence-electron chi connectivity index (χ0n) is 9.29. The second kappa shape index (κ2) is 5.80. The first-order valence-corrected chi connectivity index (χ1v) is 6.02. The molecule has 4 heteroatoms. The van der Waals surface area contributed by atoms with Gasteiger partial charge in [-0.3, -0.25) is 9.59 Å². The fraction of sp³-hybridized carbons (Fsp3) is 0.333. The lowest BCUT2D eigenvalue weighted by Gasteiger charge is -2.08. The Hall–Kier alpha value is -1.16. The van der Waals surface area contributed by atoms with Crippen molar-refractivity contribution in [2.24, 2.45) is 0 Å². The van der Waals surface area contributed by atoms with Gasteiger partial charge in [-0.1, -0.05) is 35.0 Å². The SMILES string of the molecule is CCC(Br)C(=O)c1cccc(NC(C)=O)c1. The Morgan fingerprint density at radius 3 is 2.69 bits per heavy atom. The number of anilines is 1. The molecule has 0 bridgehead atoms. The number of hydrogen-bond donors (Lipinski definition) is 1. The molecule has 1 amide bonds. The van der Waals surface area contributed by atoms with Gasteiger partial charge in [-0.25, -0.2) is 0 Å². The van der Waals surface area contributed by atoms with Crippen LogP contribution in [0.2, 0.25) is 0 Å². The molecule has 0 aliphatic rings. The zero-order valence-corrected chi connectivity index (χ0v) is 10.9. The van der Waals surface area contributed by atoms with Crippen molar-refractivity contribution in [1.82, 2.24) is 0 Å². The fourth-order valence-electron chi connectivity index (χ4n) is 1.32. The van der Waals surface area contributed by atoms with Gasteiger partial charge in [-0.15, -0.1) is 0 Å². The average molecular weight is 284 g/mol. The van der Waals surface area contributed by atoms with Crippen molar-refractivity contribution >= 4 is 33.3 Å². The van der Waals surface area contributed by atoms with Crippen molar-refractivity contribution in [1.29, 1.82) is 0 Å². The van der Waals surface area contributed by atoms with Gasteiger partial charge in [0.25, 0.3) is 0 Å². The number of carbonyl (C=O) groups excluding carboxylic acids is 2. The molecule has 0 radical (unpaired) electrons. The summed E-state index contributed by atoms with van der Waals surface area (Å²) in [6.45, 7) is 3.38. The van der Waals surface area contributed by atoms with Gasteiger partial charge < -0.3 is 5.32 Å². The van der Waals surface area contributed by atoms with Gasteiger partial charge in [-0.2, -0.15) is 0 Å². The maximum atomic E-state index is 11.9. The highest BCUT2D eigenvalue weighted by molar-refractivity contribution is 9.10. The van der Waals surface area contributed by atoms with Crippen molar-refractivity contribution in [3.05, 3.63) is 29.8 Å². The Bertz CT molecular complexity index is 404. The maximum absolute atomic E-state index is 11.9. The summed E-state index contributed by atoms with van der Waals surface area (Å²) in [5.41, 5.74) is 1.25. The number of halogens is 1. The molecule has 86 valence electrons. The first-order valence-electron chi connectivity index (χ1n) is 5.10. The molecule has 1 N–H and O–H groups in total. The fourth-order valence-corrected chi connectivity index (χ4v) is 1.58. The average Bonchev–Trinajstić information content (AvgIpc) is 2.26. The standard InChI is InChI=1S/C12H14BrNO2/c1-3-11(13)12(16)9-5-4-6-10(7-9)14-8(2)15/h4-7,11H,3H2,1-2H3,(H,14,15). The number of Topliss-reactive ketones (excluding diaryl/α,β-unsaturated/α-hetero) is 1. The number of hydrogen-bond acceptors (Lipinski definition) is 2. The molecule has 1 unspecified atom stereocenters. The Balaban J connectivity index is 2.89. The summed E-state index contributed by atoms with van der Waals surface area (Å²) in [4.78, 5) is 22.6. The van der Waals surface area contributed by atoms with E-state index in [-0.39, 0.29) is 16.5 Å². The number of carbonyl (C=O) groups is 2. The van der Waals surface area contributed by atoms with Crippen LogP contribution in [-0.2, 0) is 4.79 Å². The van der Waals surface area contributed by atoms with Gasteiger partial charge in [0, 0.05) is 18.2 Å². The summed E-state index contributed by atoms with van der Waals surface area (Å²) in [5.74, 6) is -0.106. The van der Waals surface area contributed by atoms with E-state index in [1.54, 1.807) is 24.3 Å². The van der Waals surface area contributed by atoms with Crippen LogP contribution in [0.3, 0.4) is 0 Å². The molecule has 0 saturated heterocycles. The van der Waals surface area contributed by atoms with Crippen LogP contribution in [0.1, 0.15) is 30.6 Å². The van der Waals surface area contributed by atoms with E-state index in [1.807, 2.05) is 6.92 Å². The van der Waals surface area contributed by atoms with Crippen molar-refractivity contribution in [3.8, 4) is 0 Å². The third kappa shape index (κ3) is 3.45. The van der Waals surface area contributed by atoms with Gasteiger partial charge in [0.2, 0.25) is 5.91 Å². The van der Waals surface area contributed by atoms with Crippen molar-refractivity contribution in [2.75, 3.05) is 5.32 Å².